The van der Waals surface area contributed by atoms with Gasteiger partial charge in [-0.15, -0.1) is 24.0 Å². The Hall–Kier alpha value is -1.28. The second-order valence-electron chi connectivity index (χ2n) is 5.56. The Bertz CT molecular complexity index is 683. The lowest BCUT2D eigenvalue weighted by molar-refractivity contribution is 0.461. The predicted molar refractivity (Wildman–Crippen MR) is 111 cm³/mol. The van der Waals surface area contributed by atoms with Crippen molar-refractivity contribution in [3.8, 4) is 0 Å². The molecule has 0 aromatic carbocycles. The smallest absolute Gasteiger partial charge is 0.194 e. The van der Waals surface area contributed by atoms with E-state index in [2.05, 4.69) is 27.1 Å². The maximum atomic E-state index is 6.05. The Morgan fingerprint density at radius 1 is 1.42 bits per heavy atom. The van der Waals surface area contributed by atoms with E-state index in [-0.39, 0.29) is 24.0 Å². The summed E-state index contributed by atoms with van der Waals surface area (Å²) < 4.78 is 2.03. The molecule has 0 atom stereocenters. The first kappa shape index (κ1) is 20.8. The van der Waals surface area contributed by atoms with Crippen molar-refractivity contribution in [2.24, 2.45) is 12.0 Å². The first-order valence-corrected chi connectivity index (χ1v) is 8.10. The number of hydrogen-bond acceptors (Lipinski definition) is 2. The van der Waals surface area contributed by atoms with Gasteiger partial charge in [-0.05, 0) is 32.0 Å². The molecule has 0 aliphatic rings. The second kappa shape index (κ2) is 9.88. The highest BCUT2D eigenvalue weighted by Crippen LogP contribution is 2.14. The summed E-state index contributed by atoms with van der Waals surface area (Å²) in [7, 11) is 4.02. The zero-order chi connectivity index (χ0) is 16.8. The third-order valence-electron chi connectivity index (χ3n) is 3.51. The van der Waals surface area contributed by atoms with Crippen molar-refractivity contribution in [1.82, 2.24) is 19.8 Å². The first-order chi connectivity index (χ1) is 11.0. The van der Waals surface area contributed by atoms with Crippen LogP contribution in [0, 0.1) is 6.92 Å². The van der Waals surface area contributed by atoms with Crippen LogP contribution in [0.5, 0.6) is 0 Å². The van der Waals surface area contributed by atoms with Crippen LogP contribution in [-0.4, -0.2) is 34.0 Å². The van der Waals surface area contributed by atoms with Crippen LogP contribution < -0.4 is 5.32 Å². The van der Waals surface area contributed by atoms with Crippen LogP contribution in [0.1, 0.15) is 24.0 Å². The standard InChI is InChI=1S/C17H24ClN5.HI/c1-5-19-17(20-10-15-8-6-7-13(2)21-15)23(4)12-16-9-14(18)11-22(16)3;/h6-9,11H,5,10,12H2,1-4H3,(H,19,20);1H. The molecule has 1 N–H and O–H groups in total. The number of aliphatic imine (C=N–C) groups is 1. The highest BCUT2D eigenvalue weighted by molar-refractivity contribution is 14.0. The van der Waals surface area contributed by atoms with E-state index in [4.69, 9.17) is 11.6 Å². The predicted octanol–water partition coefficient (Wildman–Crippen LogP) is 3.60. The fourth-order valence-corrected chi connectivity index (χ4v) is 2.63. The van der Waals surface area contributed by atoms with Gasteiger partial charge in [-0.25, -0.2) is 4.99 Å². The van der Waals surface area contributed by atoms with E-state index >= 15 is 0 Å². The summed E-state index contributed by atoms with van der Waals surface area (Å²) in [5.74, 6) is 0.855. The van der Waals surface area contributed by atoms with Crippen LogP contribution in [0.4, 0.5) is 0 Å². The number of nitrogens with zero attached hydrogens (tertiary/aromatic N) is 4. The molecule has 0 aliphatic heterocycles. The van der Waals surface area contributed by atoms with E-state index in [1.54, 1.807) is 0 Å². The number of pyridine rings is 1. The molecule has 5 nitrogen and oxygen atoms in total. The van der Waals surface area contributed by atoms with E-state index in [0.717, 1.165) is 41.2 Å². The van der Waals surface area contributed by atoms with Crippen molar-refractivity contribution in [2.45, 2.75) is 26.9 Å². The van der Waals surface area contributed by atoms with Crippen molar-refractivity contribution >= 4 is 41.5 Å². The Morgan fingerprint density at radius 3 is 2.75 bits per heavy atom. The average Bonchev–Trinajstić information content (AvgIpc) is 2.81. The van der Waals surface area contributed by atoms with Crippen molar-refractivity contribution in [2.75, 3.05) is 13.6 Å². The van der Waals surface area contributed by atoms with Gasteiger partial charge in [0.2, 0.25) is 0 Å². The van der Waals surface area contributed by atoms with E-state index in [1.165, 1.54) is 0 Å². The fraction of sp³-hybridized carbons (Fsp3) is 0.412. The Balaban J connectivity index is 0.00000288. The van der Waals surface area contributed by atoms with Gasteiger partial charge < -0.3 is 14.8 Å². The molecule has 0 fully saturated rings. The second-order valence-corrected chi connectivity index (χ2v) is 5.99. The van der Waals surface area contributed by atoms with E-state index in [0.29, 0.717) is 6.54 Å². The van der Waals surface area contributed by atoms with Gasteiger partial charge in [0, 0.05) is 38.2 Å². The Kier molecular flexibility index (Phi) is 8.55. The minimum absolute atomic E-state index is 0. The lowest BCUT2D eigenvalue weighted by Crippen LogP contribution is -2.38. The molecule has 0 amide bonds. The number of rotatable bonds is 5. The van der Waals surface area contributed by atoms with Crippen LogP contribution in [0.15, 0.2) is 35.5 Å². The number of aromatic nitrogens is 2. The minimum Gasteiger partial charge on any atom is -0.357 e. The molecule has 0 spiro atoms. The lowest BCUT2D eigenvalue weighted by Gasteiger charge is -2.22. The van der Waals surface area contributed by atoms with Crippen LogP contribution in [0.2, 0.25) is 5.02 Å². The molecule has 0 saturated heterocycles. The third-order valence-corrected chi connectivity index (χ3v) is 3.71. The molecule has 2 heterocycles. The van der Waals surface area contributed by atoms with Crippen molar-refractivity contribution < 1.29 is 0 Å². The normalized spacial score (nSPS) is 11.1. The monoisotopic (exact) mass is 461 g/mol. The van der Waals surface area contributed by atoms with Crippen molar-refractivity contribution in [3.05, 3.63) is 52.6 Å². The van der Waals surface area contributed by atoms with Crippen molar-refractivity contribution in [3.63, 3.8) is 0 Å². The van der Waals surface area contributed by atoms with E-state index in [1.807, 2.05) is 56.0 Å². The summed E-state index contributed by atoms with van der Waals surface area (Å²) >= 11 is 6.05. The highest BCUT2D eigenvalue weighted by atomic mass is 127. The van der Waals surface area contributed by atoms with Gasteiger partial charge in [-0.3, -0.25) is 4.98 Å². The molecule has 132 valence electrons. The van der Waals surface area contributed by atoms with E-state index < -0.39 is 0 Å². The van der Waals surface area contributed by atoms with Gasteiger partial charge in [0.15, 0.2) is 5.96 Å². The molecular weight excluding hydrogens is 437 g/mol. The van der Waals surface area contributed by atoms with Gasteiger partial charge in [-0.1, -0.05) is 17.7 Å². The molecular formula is C17H25ClIN5. The molecule has 0 unspecified atom stereocenters. The fourth-order valence-electron chi connectivity index (χ4n) is 2.35. The maximum absolute atomic E-state index is 6.05. The van der Waals surface area contributed by atoms with Crippen LogP contribution in [-0.2, 0) is 20.1 Å². The summed E-state index contributed by atoms with van der Waals surface area (Å²) in [6.45, 7) is 6.16. The van der Waals surface area contributed by atoms with Crippen LogP contribution in [0.3, 0.4) is 0 Å². The molecule has 0 radical (unpaired) electrons. The summed E-state index contributed by atoms with van der Waals surface area (Å²) in [5, 5.41) is 4.07. The molecule has 0 aliphatic carbocycles. The van der Waals surface area contributed by atoms with Gasteiger partial charge in [0.1, 0.15) is 0 Å². The number of guanidine groups is 1. The number of halogens is 2. The Labute approximate surface area is 166 Å². The largest absolute Gasteiger partial charge is 0.357 e. The highest BCUT2D eigenvalue weighted by Gasteiger charge is 2.09. The molecule has 24 heavy (non-hydrogen) atoms. The number of nitrogens with one attached hydrogen (secondary N) is 1. The zero-order valence-corrected chi connectivity index (χ0v) is 17.7. The quantitative estimate of drug-likeness (QED) is 0.420. The van der Waals surface area contributed by atoms with Gasteiger partial charge in [-0.2, -0.15) is 0 Å². The summed E-state index contributed by atoms with van der Waals surface area (Å²) in [4.78, 5) is 11.3. The van der Waals surface area contributed by atoms with Gasteiger partial charge in [0.05, 0.1) is 23.8 Å². The molecule has 2 rings (SSSR count). The minimum atomic E-state index is 0. The maximum Gasteiger partial charge on any atom is 0.194 e. The summed E-state index contributed by atoms with van der Waals surface area (Å²) in [6.07, 6.45) is 1.91. The van der Waals surface area contributed by atoms with Crippen molar-refractivity contribution in [1.29, 1.82) is 0 Å². The zero-order valence-electron chi connectivity index (χ0n) is 14.6. The summed E-state index contributed by atoms with van der Waals surface area (Å²) in [5.41, 5.74) is 3.11. The first-order valence-electron chi connectivity index (χ1n) is 7.72. The molecule has 2 aromatic heterocycles. The number of aryl methyl sites for hydroxylation is 2. The molecule has 0 saturated carbocycles. The SMILES string of the molecule is CCNC(=NCc1cccc(C)n1)N(C)Cc1cc(Cl)cn1C.I. The number of hydrogen-bond donors (Lipinski definition) is 1. The molecule has 0 bridgehead atoms. The molecule has 2 aromatic rings. The molecule has 7 heteroatoms. The lowest BCUT2D eigenvalue weighted by atomic mass is 10.3. The van der Waals surface area contributed by atoms with Gasteiger partial charge >= 0.3 is 0 Å². The van der Waals surface area contributed by atoms with Gasteiger partial charge in [0.25, 0.3) is 0 Å². The van der Waals surface area contributed by atoms with Crippen LogP contribution in [0.25, 0.3) is 0 Å². The third kappa shape index (κ3) is 5.98. The topological polar surface area (TPSA) is 45.5 Å². The average molecular weight is 462 g/mol. The Morgan fingerprint density at radius 2 is 2.17 bits per heavy atom. The van der Waals surface area contributed by atoms with Crippen LogP contribution >= 0.6 is 35.6 Å². The van der Waals surface area contributed by atoms with E-state index in [9.17, 15) is 0 Å². The summed E-state index contributed by atoms with van der Waals surface area (Å²) in [6, 6.07) is 7.97.